The molecular formula is C17H18BrF3N4O4S. The lowest BCUT2D eigenvalue weighted by Gasteiger charge is -2.37. The largest absolute Gasteiger partial charge is 0.411 e. The molecule has 13 heteroatoms. The maximum Gasteiger partial charge on any atom is 0.275 e. The van der Waals surface area contributed by atoms with Crippen LogP contribution < -0.4 is 0 Å². The smallest absolute Gasteiger partial charge is 0.275 e. The molecule has 0 unspecified atom stereocenters. The molecule has 0 atom stereocenters. The fraction of sp³-hybridized carbons (Fsp3) is 0.471. The Kier molecular flexibility index (Phi) is 6.82. The number of oxime groups is 1. The van der Waals surface area contributed by atoms with Crippen LogP contribution in [0.25, 0.3) is 0 Å². The third-order valence-electron chi connectivity index (χ3n) is 4.58. The Hall–Kier alpha value is -1.99. The van der Waals surface area contributed by atoms with Gasteiger partial charge in [-0.05, 0) is 58.0 Å². The van der Waals surface area contributed by atoms with Crippen LogP contribution >= 0.6 is 15.9 Å². The van der Waals surface area contributed by atoms with Crippen molar-refractivity contribution in [2.75, 3.05) is 18.8 Å². The molecule has 0 bridgehead atoms. The Morgan fingerprint density at radius 1 is 1.30 bits per heavy atom. The van der Waals surface area contributed by atoms with Gasteiger partial charge in [0, 0.05) is 6.42 Å². The minimum Gasteiger partial charge on any atom is -0.411 e. The van der Waals surface area contributed by atoms with Crippen LogP contribution in [0.15, 0.2) is 32.5 Å². The number of nitrogens with zero attached hydrogens (tertiary/aromatic N) is 4. The van der Waals surface area contributed by atoms with Crippen LogP contribution in [-0.2, 0) is 22.9 Å². The van der Waals surface area contributed by atoms with Gasteiger partial charge >= 0.3 is 0 Å². The van der Waals surface area contributed by atoms with E-state index in [1.807, 2.05) is 0 Å². The summed E-state index contributed by atoms with van der Waals surface area (Å²) in [6.45, 7) is -1.55. The van der Waals surface area contributed by atoms with Gasteiger partial charge in [-0.1, -0.05) is 16.4 Å². The zero-order chi connectivity index (χ0) is 21.9. The van der Waals surface area contributed by atoms with E-state index in [0.717, 1.165) is 4.31 Å². The molecule has 0 amide bonds. The van der Waals surface area contributed by atoms with Gasteiger partial charge < -0.3 is 5.21 Å². The molecular weight excluding hydrogens is 493 g/mol. The molecule has 0 saturated carbocycles. The number of benzene rings is 1. The Bertz CT molecular complexity index is 1040. The van der Waals surface area contributed by atoms with Crippen molar-refractivity contribution >= 4 is 31.7 Å². The lowest BCUT2D eigenvalue weighted by molar-refractivity contribution is -0.0945. The van der Waals surface area contributed by atoms with E-state index in [4.69, 9.17) is 4.63 Å². The molecule has 1 aromatic heterocycles. The molecule has 30 heavy (non-hydrogen) atoms. The van der Waals surface area contributed by atoms with Gasteiger partial charge in [0.05, 0.1) is 23.3 Å². The highest BCUT2D eigenvalue weighted by atomic mass is 79.9. The number of aryl methyl sites for hydroxylation is 1. The average Bonchev–Trinajstić information content (AvgIpc) is 3.12. The first kappa shape index (κ1) is 22.7. The van der Waals surface area contributed by atoms with Crippen molar-refractivity contribution in [3.05, 3.63) is 45.4 Å². The molecule has 0 spiro atoms. The third-order valence-corrected chi connectivity index (χ3v) is 7.04. The van der Waals surface area contributed by atoms with E-state index >= 15 is 0 Å². The summed E-state index contributed by atoms with van der Waals surface area (Å²) in [6.07, 6.45) is 1.03. The fourth-order valence-corrected chi connectivity index (χ4v) is 5.00. The number of unbranched alkanes of at least 4 members (excludes halogenated alkanes) is 1. The molecule has 1 aliphatic heterocycles. The first-order valence-electron chi connectivity index (χ1n) is 8.93. The summed E-state index contributed by atoms with van der Waals surface area (Å²) in [5.74, 6) is -3.63. The lowest BCUT2D eigenvalue weighted by atomic mass is 10.0. The zero-order valence-corrected chi connectivity index (χ0v) is 18.0. The standard InChI is InChI=1S/C17H18BrF3N4O4S/c18-12-7-11(4-5-13(12)19)8-15(22-26)16-14(23-29-24-16)3-1-2-6-30(27,28)25-9-17(20,21)10-25/h4-5,7,26H,1-3,6,8-10H2/b22-15+. The quantitative estimate of drug-likeness (QED) is 0.240. The molecule has 0 aliphatic carbocycles. The number of sulfonamides is 1. The van der Waals surface area contributed by atoms with E-state index in [0.29, 0.717) is 17.7 Å². The number of hydrogen-bond donors (Lipinski definition) is 1. The molecule has 1 aromatic carbocycles. The molecule has 164 valence electrons. The predicted octanol–water partition coefficient (Wildman–Crippen LogP) is 3.00. The number of rotatable bonds is 9. The Morgan fingerprint density at radius 2 is 2.03 bits per heavy atom. The summed E-state index contributed by atoms with van der Waals surface area (Å²) in [5, 5.41) is 20.1. The lowest BCUT2D eigenvalue weighted by Crippen LogP contribution is -2.58. The second kappa shape index (κ2) is 9.02. The highest BCUT2D eigenvalue weighted by molar-refractivity contribution is 9.10. The van der Waals surface area contributed by atoms with Gasteiger partial charge in [0.1, 0.15) is 17.2 Å². The van der Waals surface area contributed by atoms with E-state index in [9.17, 15) is 26.8 Å². The predicted molar refractivity (Wildman–Crippen MR) is 104 cm³/mol. The summed E-state index contributed by atoms with van der Waals surface area (Å²) < 4.78 is 68.9. The molecule has 1 N–H and O–H groups in total. The first-order valence-corrected chi connectivity index (χ1v) is 11.3. The first-order chi connectivity index (χ1) is 14.1. The molecule has 1 saturated heterocycles. The second-order valence-electron chi connectivity index (χ2n) is 6.93. The van der Waals surface area contributed by atoms with Crippen LogP contribution in [-0.4, -0.2) is 58.7 Å². The maximum atomic E-state index is 13.4. The Balaban J connectivity index is 1.56. The van der Waals surface area contributed by atoms with Gasteiger partial charge in [-0.2, -0.15) is 4.31 Å². The van der Waals surface area contributed by atoms with Crippen LogP contribution in [0.3, 0.4) is 0 Å². The van der Waals surface area contributed by atoms with Crippen LogP contribution in [0.5, 0.6) is 0 Å². The van der Waals surface area contributed by atoms with Gasteiger partial charge in [-0.3, -0.25) is 0 Å². The number of aromatic nitrogens is 2. The minimum absolute atomic E-state index is 0.133. The highest BCUT2D eigenvalue weighted by Crippen LogP contribution is 2.29. The topological polar surface area (TPSA) is 109 Å². The molecule has 2 aromatic rings. The Labute approximate surface area is 178 Å². The van der Waals surface area contributed by atoms with E-state index < -0.39 is 34.9 Å². The molecule has 8 nitrogen and oxygen atoms in total. The highest BCUT2D eigenvalue weighted by Gasteiger charge is 2.49. The number of halogens is 4. The van der Waals surface area contributed by atoms with Crippen molar-refractivity contribution in [1.82, 2.24) is 14.6 Å². The summed E-state index contributed by atoms with van der Waals surface area (Å²) in [6, 6.07) is 4.34. The zero-order valence-electron chi connectivity index (χ0n) is 15.6. The van der Waals surface area contributed by atoms with Gasteiger partial charge in [-0.15, -0.1) is 0 Å². The summed E-state index contributed by atoms with van der Waals surface area (Å²) in [5.41, 5.74) is 1.39. The van der Waals surface area contributed by atoms with Crippen molar-refractivity contribution in [1.29, 1.82) is 0 Å². The van der Waals surface area contributed by atoms with Gasteiger partial charge in [0.25, 0.3) is 5.92 Å². The monoisotopic (exact) mass is 510 g/mol. The Morgan fingerprint density at radius 3 is 2.67 bits per heavy atom. The van der Waals surface area contributed by atoms with Crippen LogP contribution in [0.2, 0.25) is 0 Å². The van der Waals surface area contributed by atoms with Crippen molar-refractivity contribution in [3.8, 4) is 0 Å². The minimum atomic E-state index is -3.72. The van der Waals surface area contributed by atoms with E-state index in [-0.39, 0.29) is 40.9 Å². The van der Waals surface area contributed by atoms with Crippen molar-refractivity contribution in [3.63, 3.8) is 0 Å². The van der Waals surface area contributed by atoms with Crippen LogP contribution in [0.4, 0.5) is 13.2 Å². The molecule has 3 rings (SSSR count). The van der Waals surface area contributed by atoms with E-state index in [1.165, 1.54) is 18.2 Å². The van der Waals surface area contributed by atoms with Gasteiger partial charge in [-0.25, -0.2) is 26.2 Å². The SMILES string of the molecule is O=S(=O)(CCCCc1nonc1/C(Cc1ccc(F)c(Br)c1)=N/O)N1CC(F)(F)C1. The fourth-order valence-electron chi connectivity index (χ4n) is 2.97. The van der Waals surface area contributed by atoms with Crippen molar-refractivity contribution in [2.45, 2.75) is 31.6 Å². The molecule has 0 radical (unpaired) electrons. The number of hydrogen-bond acceptors (Lipinski definition) is 7. The van der Waals surface area contributed by atoms with E-state index in [2.05, 4.69) is 31.4 Å². The third kappa shape index (κ3) is 5.38. The van der Waals surface area contributed by atoms with E-state index in [1.54, 1.807) is 0 Å². The summed E-state index contributed by atoms with van der Waals surface area (Å²) in [7, 11) is -3.72. The van der Waals surface area contributed by atoms with Crippen LogP contribution in [0.1, 0.15) is 29.8 Å². The summed E-state index contributed by atoms with van der Waals surface area (Å²) in [4.78, 5) is 0. The number of alkyl halides is 2. The molecule has 2 heterocycles. The maximum absolute atomic E-state index is 13.4. The second-order valence-corrected chi connectivity index (χ2v) is 9.87. The van der Waals surface area contributed by atoms with Crippen molar-refractivity contribution < 1.29 is 31.4 Å². The normalized spacial score (nSPS) is 17.1. The molecule has 1 fully saturated rings. The summed E-state index contributed by atoms with van der Waals surface area (Å²) >= 11 is 3.09. The molecule has 1 aliphatic rings. The van der Waals surface area contributed by atoms with Crippen LogP contribution in [0, 0.1) is 5.82 Å². The van der Waals surface area contributed by atoms with Gasteiger partial charge in [0.2, 0.25) is 10.0 Å². The van der Waals surface area contributed by atoms with Gasteiger partial charge in [0.15, 0.2) is 5.69 Å². The average molecular weight is 511 g/mol. The van der Waals surface area contributed by atoms with Crippen molar-refractivity contribution in [2.24, 2.45) is 5.16 Å².